The first-order chi connectivity index (χ1) is 8.35. The van der Waals surface area contributed by atoms with Crippen LogP contribution >= 0.6 is 0 Å². The molecule has 1 rings (SSSR count). The van der Waals surface area contributed by atoms with Gasteiger partial charge in [-0.25, -0.2) is 4.79 Å². The topological polar surface area (TPSA) is 84.9 Å². The van der Waals surface area contributed by atoms with Crippen molar-refractivity contribution in [1.82, 2.24) is 4.31 Å². The Balaban J connectivity index is 2.75. The largest absolute Gasteiger partial charge is 0.453 e. The molecule has 0 bridgehead atoms. The third-order valence-corrected chi connectivity index (χ3v) is 3.23. The summed E-state index contributed by atoms with van der Waals surface area (Å²) < 4.78 is 33.0. The van der Waals surface area contributed by atoms with Gasteiger partial charge in [-0.05, 0) is 24.3 Å². The smallest absolute Gasteiger partial charge is 0.411 e. The van der Waals surface area contributed by atoms with E-state index in [0.717, 1.165) is 4.31 Å². The molecule has 7 nitrogen and oxygen atoms in total. The average molecular weight is 274 g/mol. The van der Waals surface area contributed by atoms with Crippen LogP contribution in [0.15, 0.2) is 24.3 Å². The number of carbonyl (C=O) groups is 1. The van der Waals surface area contributed by atoms with E-state index < -0.39 is 16.4 Å². The van der Waals surface area contributed by atoms with Crippen molar-refractivity contribution >= 4 is 22.1 Å². The monoisotopic (exact) mass is 274 g/mol. The van der Waals surface area contributed by atoms with Gasteiger partial charge in [-0.15, -0.1) is 0 Å². The number of carbonyl (C=O) groups excluding carboxylic acids is 1. The zero-order valence-corrected chi connectivity index (χ0v) is 11.0. The molecule has 18 heavy (non-hydrogen) atoms. The fourth-order valence-electron chi connectivity index (χ4n) is 0.959. The molecule has 1 aromatic carbocycles. The number of methoxy groups -OCH3 is 1. The number of nitrogens with one attached hydrogen (secondary N) is 1. The molecule has 1 aromatic rings. The van der Waals surface area contributed by atoms with Crippen LogP contribution in [0, 0.1) is 0 Å². The minimum atomic E-state index is -3.77. The van der Waals surface area contributed by atoms with Gasteiger partial charge in [0.25, 0.3) is 0 Å². The molecule has 0 saturated carbocycles. The molecule has 1 N–H and O–H groups in total. The van der Waals surface area contributed by atoms with E-state index >= 15 is 0 Å². The second kappa shape index (κ2) is 5.69. The van der Waals surface area contributed by atoms with E-state index in [4.69, 9.17) is 4.18 Å². The molecule has 0 aliphatic rings. The first-order valence-corrected chi connectivity index (χ1v) is 6.28. The molecule has 0 aliphatic carbocycles. The third-order valence-electron chi connectivity index (χ3n) is 1.93. The summed E-state index contributed by atoms with van der Waals surface area (Å²) >= 11 is 0. The van der Waals surface area contributed by atoms with Gasteiger partial charge in [0.2, 0.25) is 0 Å². The summed E-state index contributed by atoms with van der Waals surface area (Å²) in [6.45, 7) is 0. The summed E-state index contributed by atoms with van der Waals surface area (Å²) in [4.78, 5) is 10.9. The van der Waals surface area contributed by atoms with Crippen LogP contribution in [0.1, 0.15) is 0 Å². The fourth-order valence-corrected chi connectivity index (χ4v) is 1.46. The zero-order valence-electron chi connectivity index (χ0n) is 10.2. The summed E-state index contributed by atoms with van der Waals surface area (Å²) in [5, 5.41) is 2.43. The molecule has 0 aromatic heterocycles. The highest BCUT2D eigenvalue weighted by molar-refractivity contribution is 7.84. The Kier molecular flexibility index (Phi) is 4.51. The van der Waals surface area contributed by atoms with Crippen molar-refractivity contribution in [2.75, 3.05) is 26.5 Å². The van der Waals surface area contributed by atoms with Crippen LogP contribution < -0.4 is 9.50 Å². The molecule has 8 heteroatoms. The highest BCUT2D eigenvalue weighted by Crippen LogP contribution is 2.18. The molecular formula is C10H14N2O5S. The van der Waals surface area contributed by atoms with E-state index in [1.165, 1.54) is 45.5 Å². The maximum Gasteiger partial charge on any atom is 0.411 e. The Hall–Kier alpha value is -1.80. The Morgan fingerprint density at radius 2 is 1.78 bits per heavy atom. The Morgan fingerprint density at radius 1 is 1.22 bits per heavy atom. The van der Waals surface area contributed by atoms with Gasteiger partial charge in [0.15, 0.2) is 0 Å². The van der Waals surface area contributed by atoms with Gasteiger partial charge in [-0.2, -0.15) is 12.7 Å². The Labute approximate surface area is 106 Å². The number of hydrogen-bond donors (Lipinski definition) is 1. The second-order valence-electron chi connectivity index (χ2n) is 3.46. The van der Waals surface area contributed by atoms with Crippen LogP contribution in [-0.4, -0.2) is 40.0 Å². The summed E-state index contributed by atoms with van der Waals surface area (Å²) in [6.07, 6.45) is -0.607. The zero-order chi connectivity index (χ0) is 13.8. The van der Waals surface area contributed by atoms with E-state index in [2.05, 4.69) is 10.1 Å². The maximum absolute atomic E-state index is 11.4. The van der Waals surface area contributed by atoms with Crippen LogP contribution in [0.25, 0.3) is 0 Å². The van der Waals surface area contributed by atoms with Crippen LogP contribution in [0.3, 0.4) is 0 Å². The van der Waals surface area contributed by atoms with E-state index in [1.54, 1.807) is 0 Å². The highest BCUT2D eigenvalue weighted by Gasteiger charge is 2.15. The van der Waals surface area contributed by atoms with Crippen LogP contribution in [-0.2, 0) is 15.0 Å². The van der Waals surface area contributed by atoms with E-state index in [-0.39, 0.29) is 5.75 Å². The Morgan fingerprint density at radius 3 is 2.22 bits per heavy atom. The van der Waals surface area contributed by atoms with Crippen molar-refractivity contribution in [3.05, 3.63) is 24.3 Å². The van der Waals surface area contributed by atoms with Gasteiger partial charge < -0.3 is 8.92 Å². The standard InChI is InChI=1S/C10H14N2O5S/c1-12(2)18(14,15)17-9-6-4-8(5-7-9)11-10(13)16-3/h4-7H,1-3H3,(H,11,13). The summed E-state index contributed by atoms with van der Waals surface area (Å²) in [7, 11) is 0.203. The minimum Gasteiger partial charge on any atom is -0.453 e. The van der Waals surface area contributed by atoms with Gasteiger partial charge >= 0.3 is 16.4 Å². The average Bonchev–Trinajstić information content (AvgIpc) is 2.31. The van der Waals surface area contributed by atoms with Crippen molar-refractivity contribution in [1.29, 1.82) is 0 Å². The second-order valence-corrected chi connectivity index (χ2v) is 5.22. The highest BCUT2D eigenvalue weighted by atomic mass is 32.2. The van der Waals surface area contributed by atoms with Crippen molar-refractivity contribution in [2.24, 2.45) is 0 Å². The molecule has 1 amide bonds. The van der Waals surface area contributed by atoms with E-state index in [0.29, 0.717) is 5.69 Å². The maximum atomic E-state index is 11.4. The predicted molar refractivity (Wildman–Crippen MR) is 65.7 cm³/mol. The predicted octanol–water partition coefficient (Wildman–Crippen LogP) is 1.05. The lowest BCUT2D eigenvalue weighted by Gasteiger charge is -2.12. The van der Waals surface area contributed by atoms with Gasteiger partial charge in [-0.1, -0.05) is 0 Å². The summed E-state index contributed by atoms with van der Waals surface area (Å²) in [6, 6.07) is 5.84. The fraction of sp³-hybridized carbons (Fsp3) is 0.300. The molecule has 0 spiro atoms. The molecule has 0 atom stereocenters. The first kappa shape index (κ1) is 14.3. The van der Waals surface area contributed by atoms with Crippen LogP contribution in [0.2, 0.25) is 0 Å². The van der Waals surface area contributed by atoms with Crippen molar-refractivity contribution in [2.45, 2.75) is 0 Å². The third kappa shape index (κ3) is 3.90. The van der Waals surface area contributed by atoms with E-state index in [1.807, 2.05) is 0 Å². The molecule has 0 saturated heterocycles. The van der Waals surface area contributed by atoms with Crippen LogP contribution in [0.4, 0.5) is 10.5 Å². The van der Waals surface area contributed by atoms with Crippen molar-refractivity contribution < 1.29 is 22.1 Å². The SMILES string of the molecule is COC(=O)Nc1ccc(OS(=O)(=O)N(C)C)cc1. The number of rotatable bonds is 4. The molecule has 0 unspecified atom stereocenters. The minimum absolute atomic E-state index is 0.152. The summed E-state index contributed by atoms with van der Waals surface area (Å²) in [5.74, 6) is 0.152. The number of anilines is 1. The molecule has 0 aliphatic heterocycles. The number of hydrogen-bond acceptors (Lipinski definition) is 5. The lowest BCUT2D eigenvalue weighted by Crippen LogP contribution is -2.27. The molecule has 0 fully saturated rings. The molecule has 0 heterocycles. The normalized spacial score (nSPS) is 11.1. The van der Waals surface area contributed by atoms with Gasteiger partial charge in [0, 0.05) is 19.8 Å². The lowest BCUT2D eigenvalue weighted by atomic mass is 10.3. The molecule has 100 valence electrons. The summed E-state index contributed by atoms with van der Waals surface area (Å²) in [5.41, 5.74) is 0.469. The number of ether oxygens (including phenoxy) is 1. The van der Waals surface area contributed by atoms with Gasteiger partial charge in [-0.3, -0.25) is 5.32 Å². The van der Waals surface area contributed by atoms with Gasteiger partial charge in [0.1, 0.15) is 5.75 Å². The number of benzene rings is 1. The first-order valence-electron chi connectivity index (χ1n) is 4.92. The van der Waals surface area contributed by atoms with Crippen molar-refractivity contribution in [3.63, 3.8) is 0 Å². The number of nitrogens with zero attached hydrogens (tertiary/aromatic N) is 1. The molecular weight excluding hydrogens is 260 g/mol. The van der Waals surface area contributed by atoms with E-state index in [9.17, 15) is 13.2 Å². The quantitative estimate of drug-likeness (QED) is 0.887. The Bertz CT molecular complexity index is 510. The molecule has 0 radical (unpaired) electrons. The van der Waals surface area contributed by atoms with Gasteiger partial charge in [0.05, 0.1) is 7.11 Å². The van der Waals surface area contributed by atoms with Crippen molar-refractivity contribution in [3.8, 4) is 5.75 Å². The lowest BCUT2D eigenvalue weighted by molar-refractivity contribution is 0.187. The van der Waals surface area contributed by atoms with Crippen LogP contribution in [0.5, 0.6) is 5.75 Å². The number of amides is 1.